The van der Waals surface area contributed by atoms with E-state index in [9.17, 15) is 0 Å². The minimum Gasteiger partial charge on any atom is -0.352 e. The first-order chi connectivity index (χ1) is 7.15. The lowest BCUT2D eigenvalue weighted by Crippen LogP contribution is -2.34. The number of H-pyrrole nitrogens is 1. The van der Waals surface area contributed by atoms with Crippen LogP contribution in [0.2, 0.25) is 0 Å². The molecule has 1 aromatic rings. The Labute approximate surface area is 92.1 Å². The standard InChI is InChI=1S/C11H22N4/c1-5-15(6-2)8-10(4)14-11-12-7-9(3)13-11/h7,10H,5-6,8H2,1-4H3,(H2,12,13,14). The van der Waals surface area contributed by atoms with Gasteiger partial charge in [0.25, 0.3) is 0 Å². The van der Waals surface area contributed by atoms with Crippen molar-refractivity contribution in [2.24, 2.45) is 0 Å². The number of rotatable bonds is 6. The summed E-state index contributed by atoms with van der Waals surface area (Å²) in [5, 5.41) is 3.35. The molecule has 0 radical (unpaired) electrons. The van der Waals surface area contributed by atoms with Crippen molar-refractivity contribution in [1.29, 1.82) is 0 Å². The number of anilines is 1. The largest absolute Gasteiger partial charge is 0.352 e. The van der Waals surface area contributed by atoms with Gasteiger partial charge >= 0.3 is 0 Å². The first kappa shape index (κ1) is 12.0. The normalized spacial score (nSPS) is 13.1. The summed E-state index contributed by atoms with van der Waals surface area (Å²) >= 11 is 0. The molecule has 1 heterocycles. The third kappa shape index (κ3) is 3.91. The fourth-order valence-electron chi connectivity index (χ4n) is 1.63. The van der Waals surface area contributed by atoms with Crippen molar-refractivity contribution in [3.05, 3.63) is 11.9 Å². The van der Waals surface area contributed by atoms with Gasteiger partial charge in [-0.15, -0.1) is 0 Å². The predicted octanol–water partition coefficient (Wildman–Crippen LogP) is 1.86. The maximum atomic E-state index is 4.23. The van der Waals surface area contributed by atoms with Gasteiger partial charge in [0, 0.05) is 24.5 Å². The molecule has 0 bridgehead atoms. The summed E-state index contributed by atoms with van der Waals surface area (Å²) in [5.41, 5.74) is 1.09. The molecule has 4 nitrogen and oxygen atoms in total. The topological polar surface area (TPSA) is 44.0 Å². The number of likely N-dealkylation sites (N-methyl/N-ethyl adjacent to an activating group) is 1. The lowest BCUT2D eigenvalue weighted by Gasteiger charge is -2.23. The number of hydrogen-bond donors (Lipinski definition) is 2. The van der Waals surface area contributed by atoms with E-state index >= 15 is 0 Å². The minimum absolute atomic E-state index is 0.412. The molecule has 0 aliphatic rings. The molecule has 4 heteroatoms. The van der Waals surface area contributed by atoms with E-state index in [1.54, 1.807) is 0 Å². The van der Waals surface area contributed by atoms with Crippen LogP contribution >= 0.6 is 0 Å². The van der Waals surface area contributed by atoms with Crippen LogP contribution in [0.5, 0.6) is 0 Å². The van der Waals surface area contributed by atoms with Gasteiger partial charge in [0.05, 0.1) is 0 Å². The Balaban J connectivity index is 2.38. The summed E-state index contributed by atoms with van der Waals surface area (Å²) in [7, 11) is 0. The summed E-state index contributed by atoms with van der Waals surface area (Å²) < 4.78 is 0. The zero-order chi connectivity index (χ0) is 11.3. The predicted molar refractivity (Wildman–Crippen MR) is 64.2 cm³/mol. The van der Waals surface area contributed by atoms with E-state index < -0.39 is 0 Å². The Bertz CT molecular complexity index is 278. The van der Waals surface area contributed by atoms with Gasteiger partial charge in [0.1, 0.15) is 0 Å². The molecule has 0 aliphatic heterocycles. The number of imidazole rings is 1. The van der Waals surface area contributed by atoms with Crippen LogP contribution in [0.15, 0.2) is 6.20 Å². The molecule has 1 aromatic heterocycles. The lowest BCUT2D eigenvalue weighted by molar-refractivity contribution is 0.294. The minimum atomic E-state index is 0.412. The SMILES string of the molecule is CCN(CC)CC(C)Nc1ncc(C)[nH]1. The number of nitrogens with zero attached hydrogens (tertiary/aromatic N) is 2. The number of aromatic nitrogens is 2. The third-order valence-electron chi connectivity index (χ3n) is 2.51. The molecular weight excluding hydrogens is 188 g/mol. The number of aryl methyl sites for hydroxylation is 1. The zero-order valence-corrected chi connectivity index (χ0v) is 10.2. The summed E-state index contributed by atoms with van der Waals surface area (Å²) in [5.74, 6) is 0.868. The number of hydrogen-bond acceptors (Lipinski definition) is 3. The molecular formula is C11H22N4. The second kappa shape index (κ2) is 5.75. The van der Waals surface area contributed by atoms with E-state index in [2.05, 4.69) is 41.0 Å². The third-order valence-corrected chi connectivity index (χ3v) is 2.51. The second-order valence-corrected chi connectivity index (χ2v) is 3.95. The molecule has 0 fully saturated rings. The smallest absolute Gasteiger partial charge is 0.200 e. The van der Waals surface area contributed by atoms with Gasteiger partial charge in [-0.05, 0) is 26.9 Å². The molecule has 0 saturated heterocycles. The van der Waals surface area contributed by atoms with Crippen LogP contribution in [0.4, 0.5) is 5.95 Å². The van der Waals surface area contributed by atoms with Crippen molar-refractivity contribution in [1.82, 2.24) is 14.9 Å². The highest BCUT2D eigenvalue weighted by Gasteiger charge is 2.07. The van der Waals surface area contributed by atoms with E-state index in [1.165, 1.54) is 0 Å². The van der Waals surface area contributed by atoms with Crippen molar-refractivity contribution in [3.63, 3.8) is 0 Å². The van der Waals surface area contributed by atoms with E-state index in [1.807, 2.05) is 13.1 Å². The van der Waals surface area contributed by atoms with Crippen molar-refractivity contribution in [2.75, 3.05) is 25.0 Å². The fraction of sp³-hybridized carbons (Fsp3) is 0.727. The Morgan fingerprint density at radius 3 is 2.60 bits per heavy atom. The van der Waals surface area contributed by atoms with Crippen LogP contribution < -0.4 is 5.32 Å². The Hall–Kier alpha value is -1.03. The Morgan fingerprint density at radius 1 is 1.47 bits per heavy atom. The lowest BCUT2D eigenvalue weighted by atomic mass is 10.3. The summed E-state index contributed by atoms with van der Waals surface area (Å²) in [6.45, 7) is 11.8. The first-order valence-electron chi connectivity index (χ1n) is 5.66. The quantitative estimate of drug-likeness (QED) is 0.753. The van der Waals surface area contributed by atoms with Gasteiger partial charge in [-0.25, -0.2) is 4.98 Å². The van der Waals surface area contributed by atoms with Crippen LogP contribution in [0.25, 0.3) is 0 Å². The van der Waals surface area contributed by atoms with Crippen LogP contribution in [0, 0.1) is 6.92 Å². The highest BCUT2D eigenvalue weighted by Crippen LogP contribution is 2.03. The van der Waals surface area contributed by atoms with E-state index in [4.69, 9.17) is 0 Å². The Kier molecular flexibility index (Phi) is 4.62. The van der Waals surface area contributed by atoms with Crippen molar-refractivity contribution in [2.45, 2.75) is 33.7 Å². The van der Waals surface area contributed by atoms with Crippen molar-refractivity contribution >= 4 is 5.95 Å². The van der Waals surface area contributed by atoms with Gasteiger partial charge in [-0.2, -0.15) is 0 Å². The molecule has 0 aromatic carbocycles. The highest BCUT2D eigenvalue weighted by molar-refractivity contribution is 5.27. The number of nitrogens with one attached hydrogen (secondary N) is 2. The molecule has 0 spiro atoms. The molecule has 2 N–H and O–H groups in total. The molecule has 0 saturated carbocycles. The van der Waals surface area contributed by atoms with Gasteiger partial charge in [0.2, 0.25) is 5.95 Å². The molecule has 1 unspecified atom stereocenters. The average Bonchev–Trinajstić information content (AvgIpc) is 2.60. The van der Waals surface area contributed by atoms with Crippen molar-refractivity contribution < 1.29 is 0 Å². The molecule has 1 rings (SSSR count). The van der Waals surface area contributed by atoms with Crippen LogP contribution in [-0.2, 0) is 0 Å². The van der Waals surface area contributed by atoms with Crippen LogP contribution in [0.3, 0.4) is 0 Å². The molecule has 15 heavy (non-hydrogen) atoms. The number of aromatic amines is 1. The van der Waals surface area contributed by atoms with E-state index in [0.29, 0.717) is 6.04 Å². The van der Waals surface area contributed by atoms with Crippen LogP contribution in [-0.4, -0.2) is 40.5 Å². The molecule has 1 atom stereocenters. The van der Waals surface area contributed by atoms with E-state index in [0.717, 1.165) is 31.3 Å². The summed E-state index contributed by atoms with van der Waals surface area (Å²) in [6.07, 6.45) is 1.84. The van der Waals surface area contributed by atoms with E-state index in [-0.39, 0.29) is 0 Å². The molecule has 0 aliphatic carbocycles. The average molecular weight is 210 g/mol. The molecule has 86 valence electrons. The second-order valence-electron chi connectivity index (χ2n) is 3.95. The van der Waals surface area contributed by atoms with Gasteiger partial charge in [-0.1, -0.05) is 13.8 Å². The fourth-order valence-corrected chi connectivity index (χ4v) is 1.63. The highest BCUT2D eigenvalue weighted by atomic mass is 15.2. The molecule has 0 amide bonds. The maximum Gasteiger partial charge on any atom is 0.200 e. The van der Waals surface area contributed by atoms with Gasteiger partial charge in [0.15, 0.2) is 0 Å². The zero-order valence-electron chi connectivity index (χ0n) is 10.2. The van der Waals surface area contributed by atoms with Crippen molar-refractivity contribution in [3.8, 4) is 0 Å². The van der Waals surface area contributed by atoms with Crippen LogP contribution in [0.1, 0.15) is 26.5 Å². The monoisotopic (exact) mass is 210 g/mol. The Morgan fingerprint density at radius 2 is 2.13 bits per heavy atom. The van der Waals surface area contributed by atoms with Gasteiger partial charge in [-0.3, -0.25) is 0 Å². The van der Waals surface area contributed by atoms with Gasteiger partial charge < -0.3 is 15.2 Å². The summed E-state index contributed by atoms with van der Waals surface area (Å²) in [4.78, 5) is 9.80. The first-order valence-corrected chi connectivity index (χ1v) is 5.66. The maximum absolute atomic E-state index is 4.23. The summed E-state index contributed by atoms with van der Waals surface area (Å²) in [6, 6.07) is 0.412.